The number of pyridine rings is 1. The quantitative estimate of drug-likeness (QED) is 0.744. The Morgan fingerprint density at radius 1 is 0.815 bits per heavy atom. The molecular formula is C20H15N3O4. The van der Waals surface area contributed by atoms with Crippen molar-refractivity contribution < 1.29 is 19.1 Å². The first kappa shape index (κ1) is 16.6. The molecule has 0 bridgehead atoms. The normalized spacial score (nSPS) is 11.7. The largest absolute Gasteiger partial charge is 0.454 e. The lowest BCUT2D eigenvalue weighted by Crippen LogP contribution is -2.13. The van der Waals surface area contributed by atoms with Crippen LogP contribution in [0.15, 0.2) is 67.0 Å². The molecule has 0 saturated carbocycles. The van der Waals surface area contributed by atoms with Crippen molar-refractivity contribution in [3.05, 3.63) is 78.1 Å². The molecule has 2 N–H and O–H groups in total. The van der Waals surface area contributed by atoms with Gasteiger partial charge in [0.1, 0.15) is 0 Å². The highest BCUT2D eigenvalue weighted by Gasteiger charge is 2.16. The summed E-state index contributed by atoms with van der Waals surface area (Å²) in [6, 6.07) is 15.2. The highest BCUT2D eigenvalue weighted by Crippen LogP contribution is 2.32. The summed E-state index contributed by atoms with van der Waals surface area (Å²) < 4.78 is 10.5. The molecule has 7 nitrogen and oxygen atoms in total. The maximum absolute atomic E-state index is 12.4. The Balaban J connectivity index is 1.40. The van der Waals surface area contributed by atoms with Crippen LogP contribution in [0.2, 0.25) is 0 Å². The third-order valence-corrected chi connectivity index (χ3v) is 3.96. The number of nitrogens with one attached hydrogen (secondary N) is 2. The molecular weight excluding hydrogens is 346 g/mol. The fraction of sp³-hybridized carbons (Fsp3) is 0.0500. The van der Waals surface area contributed by atoms with Gasteiger partial charge in [-0.25, -0.2) is 0 Å². The van der Waals surface area contributed by atoms with Crippen LogP contribution in [-0.4, -0.2) is 23.6 Å². The highest BCUT2D eigenvalue weighted by molar-refractivity contribution is 6.05. The van der Waals surface area contributed by atoms with E-state index >= 15 is 0 Å². The molecule has 134 valence electrons. The maximum Gasteiger partial charge on any atom is 0.257 e. The first-order chi connectivity index (χ1) is 13.2. The second-order valence-electron chi connectivity index (χ2n) is 5.80. The van der Waals surface area contributed by atoms with Crippen LogP contribution in [0.25, 0.3) is 0 Å². The number of carbonyl (C=O) groups excluding carboxylic acids is 2. The van der Waals surface area contributed by atoms with Crippen molar-refractivity contribution in [3.8, 4) is 11.5 Å². The number of nitrogens with zero attached hydrogens (tertiary/aromatic N) is 1. The van der Waals surface area contributed by atoms with Crippen molar-refractivity contribution in [1.29, 1.82) is 0 Å². The average Bonchev–Trinajstić information content (AvgIpc) is 3.18. The van der Waals surface area contributed by atoms with Crippen molar-refractivity contribution in [2.24, 2.45) is 0 Å². The van der Waals surface area contributed by atoms with Gasteiger partial charge in [-0.05, 0) is 54.6 Å². The molecule has 2 amide bonds. The minimum Gasteiger partial charge on any atom is -0.454 e. The van der Waals surface area contributed by atoms with Crippen LogP contribution in [0.1, 0.15) is 20.7 Å². The van der Waals surface area contributed by atoms with Gasteiger partial charge in [0.25, 0.3) is 11.8 Å². The Bertz CT molecular complexity index is 988. The van der Waals surface area contributed by atoms with Crippen molar-refractivity contribution in [2.45, 2.75) is 0 Å². The first-order valence-electron chi connectivity index (χ1n) is 8.21. The van der Waals surface area contributed by atoms with Crippen LogP contribution in [0.3, 0.4) is 0 Å². The van der Waals surface area contributed by atoms with Crippen LogP contribution in [0.4, 0.5) is 11.4 Å². The zero-order valence-electron chi connectivity index (χ0n) is 14.1. The third kappa shape index (κ3) is 3.72. The number of benzene rings is 2. The number of anilines is 2. The molecule has 3 aromatic rings. The monoisotopic (exact) mass is 361 g/mol. The highest BCUT2D eigenvalue weighted by atomic mass is 16.7. The van der Waals surface area contributed by atoms with E-state index in [1.165, 1.54) is 6.20 Å². The van der Waals surface area contributed by atoms with Crippen molar-refractivity contribution in [3.63, 3.8) is 0 Å². The number of amides is 2. The van der Waals surface area contributed by atoms with Gasteiger partial charge >= 0.3 is 0 Å². The first-order valence-corrected chi connectivity index (χ1v) is 8.21. The molecule has 0 fully saturated rings. The number of rotatable bonds is 4. The Kier molecular flexibility index (Phi) is 4.40. The predicted octanol–water partition coefficient (Wildman–Crippen LogP) is 3.31. The van der Waals surface area contributed by atoms with E-state index in [1.54, 1.807) is 60.8 Å². The number of hydrogen-bond acceptors (Lipinski definition) is 5. The molecule has 1 aromatic heterocycles. The summed E-state index contributed by atoms with van der Waals surface area (Å²) in [6.07, 6.45) is 3.10. The molecule has 7 heteroatoms. The van der Waals surface area contributed by atoms with E-state index in [1.807, 2.05) is 0 Å². The van der Waals surface area contributed by atoms with Crippen LogP contribution >= 0.6 is 0 Å². The van der Waals surface area contributed by atoms with Gasteiger partial charge in [0, 0.05) is 29.3 Å². The summed E-state index contributed by atoms with van der Waals surface area (Å²) in [7, 11) is 0. The average molecular weight is 361 g/mol. The number of aromatic nitrogens is 1. The Labute approximate surface area is 155 Å². The molecule has 0 atom stereocenters. The lowest BCUT2D eigenvalue weighted by atomic mass is 10.2. The van der Waals surface area contributed by atoms with E-state index in [0.29, 0.717) is 34.0 Å². The Hall–Kier alpha value is -3.87. The standard InChI is InChI=1S/C20H15N3O4/c24-19(13-3-8-17-18(10-13)27-12-26-17)22-15-4-6-16(7-5-15)23-20(25)14-2-1-9-21-11-14/h1-11H,12H2,(H,22,24)(H,23,25). The van der Waals surface area contributed by atoms with Gasteiger partial charge in [-0.15, -0.1) is 0 Å². The van der Waals surface area contributed by atoms with Crippen molar-refractivity contribution in [1.82, 2.24) is 4.98 Å². The number of carbonyl (C=O) groups is 2. The lowest BCUT2D eigenvalue weighted by Gasteiger charge is -2.08. The number of ether oxygens (including phenoxy) is 2. The smallest absolute Gasteiger partial charge is 0.257 e. The summed E-state index contributed by atoms with van der Waals surface area (Å²) >= 11 is 0. The Morgan fingerprint density at radius 3 is 2.15 bits per heavy atom. The minimum atomic E-state index is -0.263. The van der Waals surface area contributed by atoms with Gasteiger partial charge in [0.2, 0.25) is 6.79 Å². The van der Waals surface area contributed by atoms with E-state index < -0.39 is 0 Å². The molecule has 27 heavy (non-hydrogen) atoms. The Morgan fingerprint density at radius 2 is 1.48 bits per heavy atom. The summed E-state index contributed by atoms with van der Waals surface area (Å²) in [6.45, 7) is 0.159. The lowest BCUT2D eigenvalue weighted by molar-refractivity contribution is 0.101. The molecule has 4 rings (SSSR count). The molecule has 0 radical (unpaired) electrons. The van der Waals surface area contributed by atoms with Gasteiger partial charge in [0.15, 0.2) is 11.5 Å². The van der Waals surface area contributed by atoms with Crippen molar-refractivity contribution in [2.75, 3.05) is 17.4 Å². The summed E-state index contributed by atoms with van der Waals surface area (Å²) in [5, 5.41) is 5.58. The second kappa shape index (κ2) is 7.17. The topological polar surface area (TPSA) is 89.6 Å². The van der Waals surface area contributed by atoms with Gasteiger partial charge in [-0.2, -0.15) is 0 Å². The molecule has 2 heterocycles. The van der Waals surface area contributed by atoms with Gasteiger partial charge in [-0.1, -0.05) is 0 Å². The predicted molar refractivity (Wildman–Crippen MR) is 99.2 cm³/mol. The minimum absolute atomic E-state index is 0.159. The summed E-state index contributed by atoms with van der Waals surface area (Å²) in [5.41, 5.74) is 2.16. The summed E-state index contributed by atoms with van der Waals surface area (Å²) in [4.78, 5) is 28.4. The van der Waals surface area contributed by atoms with Crippen LogP contribution < -0.4 is 20.1 Å². The van der Waals surface area contributed by atoms with E-state index in [4.69, 9.17) is 9.47 Å². The van der Waals surface area contributed by atoms with E-state index in [-0.39, 0.29) is 18.6 Å². The fourth-order valence-electron chi connectivity index (χ4n) is 2.58. The zero-order chi connectivity index (χ0) is 18.6. The van der Waals surface area contributed by atoms with Gasteiger partial charge in [-0.3, -0.25) is 14.6 Å². The summed E-state index contributed by atoms with van der Waals surface area (Å²) in [5.74, 6) is 0.664. The fourth-order valence-corrected chi connectivity index (χ4v) is 2.58. The molecule has 0 unspecified atom stereocenters. The number of fused-ring (bicyclic) bond motifs is 1. The maximum atomic E-state index is 12.4. The molecule has 2 aromatic carbocycles. The third-order valence-electron chi connectivity index (χ3n) is 3.96. The van der Waals surface area contributed by atoms with E-state index in [2.05, 4.69) is 15.6 Å². The molecule has 1 aliphatic heterocycles. The van der Waals surface area contributed by atoms with Gasteiger partial charge < -0.3 is 20.1 Å². The zero-order valence-corrected chi connectivity index (χ0v) is 14.1. The van der Waals surface area contributed by atoms with Crippen LogP contribution in [0.5, 0.6) is 11.5 Å². The van der Waals surface area contributed by atoms with Crippen LogP contribution in [0, 0.1) is 0 Å². The van der Waals surface area contributed by atoms with Crippen molar-refractivity contribution >= 4 is 23.2 Å². The van der Waals surface area contributed by atoms with E-state index in [9.17, 15) is 9.59 Å². The SMILES string of the molecule is O=C(Nc1ccc(NC(=O)c2ccc3c(c2)OCO3)cc1)c1cccnc1. The molecule has 1 aliphatic rings. The molecule has 0 aliphatic carbocycles. The number of hydrogen-bond donors (Lipinski definition) is 2. The van der Waals surface area contributed by atoms with Gasteiger partial charge in [0.05, 0.1) is 5.56 Å². The van der Waals surface area contributed by atoms with Crippen LogP contribution in [-0.2, 0) is 0 Å². The van der Waals surface area contributed by atoms with E-state index in [0.717, 1.165) is 0 Å². The molecule has 0 saturated heterocycles. The molecule has 0 spiro atoms. The second-order valence-corrected chi connectivity index (χ2v) is 5.80.